The van der Waals surface area contributed by atoms with E-state index in [-0.39, 0.29) is 12.5 Å². The Balaban J connectivity index is 1.84. The number of ether oxygens (including phenoxy) is 2. The number of nitrogens with one attached hydrogen (secondary N) is 1. The lowest BCUT2D eigenvalue weighted by molar-refractivity contribution is -0.118. The summed E-state index contributed by atoms with van der Waals surface area (Å²) in [5.41, 5.74) is 4.06. The monoisotopic (exact) mass is 434 g/mol. The van der Waals surface area contributed by atoms with Gasteiger partial charge in [0.1, 0.15) is 11.5 Å². The Morgan fingerprint density at radius 1 is 1.35 bits per heavy atom. The number of anilines is 1. The summed E-state index contributed by atoms with van der Waals surface area (Å²) in [4.78, 5) is 17.1. The molecule has 2 heterocycles. The number of nitrogens with zero attached hydrogens (tertiary/aromatic N) is 3. The summed E-state index contributed by atoms with van der Waals surface area (Å²) in [6.07, 6.45) is 1.74. The number of fused-ring (bicyclic) bond motifs is 1. The lowest BCUT2D eigenvalue weighted by atomic mass is 10.1. The van der Waals surface area contributed by atoms with Crippen LogP contribution < -0.4 is 19.6 Å². The number of benzene rings is 2. The number of hydrogen-bond acceptors (Lipinski definition) is 6. The Morgan fingerprint density at radius 3 is 3.00 bits per heavy atom. The zero-order valence-corrected chi connectivity index (χ0v) is 18.1. The molecule has 7 nitrogen and oxygen atoms in total. The maximum atomic E-state index is 11.7. The summed E-state index contributed by atoms with van der Waals surface area (Å²) >= 11 is 1.49. The van der Waals surface area contributed by atoms with Crippen molar-refractivity contribution >= 4 is 28.6 Å². The zero-order chi connectivity index (χ0) is 21.8. The highest BCUT2D eigenvalue weighted by atomic mass is 32.1. The van der Waals surface area contributed by atoms with Crippen LogP contribution in [0.2, 0.25) is 0 Å². The van der Waals surface area contributed by atoms with E-state index in [4.69, 9.17) is 14.6 Å². The summed E-state index contributed by atoms with van der Waals surface area (Å²) in [5.74, 6) is 1.23. The summed E-state index contributed by atoms with van der Waals surface area (Å²) in [7, 11) is 1.64. The average molecular weight is 435 g/mol. The van der Waals surface area contributed by atoms with Crippen molar-refractivity contribution in [2.45, 2.75) is 6.92 Å². The minimum Gasteiger partial charge on any atom is -0.496 e. The predicted octanol–water partition coefficient (Wildman–Crippen LogP) is 3.92. The van der Waals surface area contributed by atoms with Crippen molar-refractivity contribution in [1.82, 2.24) is 4.68 Å². The van der Waals surface area contributed by atoms with Crippen LogP contribution in [0.3, 0.4) is 0 Å². The fraction of sp³-hybridized carbons (Fsp3) is 0.174. The second-order valence-electron chi connectivity index (χ2n) is 6.78. The van der Waals surface area contributed by atoms with Gasteiger partial charge in [0.15, 0.2) is 6.61 Å². The molecule has 0 unspecified atom stereocenters. The Labute approximate surface area is 184 Å². The number of thiazole rings is 1. The van der Waals surface area contributed by atoms with Crippen LogP contribution in [0.5, 0.6) is 11.5 Å². The zero-order valence-electron chi connectivity index (χ0n) is 17.3. The third-order valence-electron chi connectivity index (χ3n) is 4.70. The van der Waals surface area contributed by atoms with Crippen LogP contribution in [-0.4, -0.2) is 36.6 Å². The number of para-hydroxylation sites is 1. The van der Waals surface area contributed by atoms with Gasteiger partial charge in [-0.05, 0) is 37.3 Å². The molecule has 0 bridgehead atoms. The fourth-order valence-electron chi connectivity index (χ4n) is 3.24. The van der Waals surface area contributed by atoms with E-state index in [0.29, 0.717) is 18.0 Å². The Bertz CT molecular complexity index is 1240. The molecule has 4 rings (SSSR count). The second-order valence-corrected chi connectivity index (χ2v) is 7.61. The minimum absolute atomic E-state index is 0.0256. The Morgan fingerprint density at radius 2 is 2.19 bits per heavy atom. The summed E-state index contributed by atoms with van der Waals surface area (Å²) < 4.78 is 12.8. The van der Waals surface area contributed by atoms with Crippen LogP contribution in [-0.2, 0) is 4.79 Å². The van der Waals surface area contributed by atoms with Gasteiger partial charge in [-0.1, -0.05) is 18.2 Å². The largest absolute Gasteiger partial charge is 0.496 e. The quantitative estimate of drug-likeness (QED) is 0.472. The van der Waals surface area contributed by atoms with Crippen molar-refractivity contribution in [3.05, 3.63) is 70.9 Å². The van der Waals surface area contributed by atoms with Crippen LogP contribution in [0.25, 0.3) is 11.3 Å². The first-order valence-electron chi connectivity index (χ1n) is 9.68. The first-order valence-corrected chi connectivity index (χ1v) is 10.6. The topological polar surface area (TPSA) is 77.2 Å². The number of carbonyl (C=O) groups excluding carboxylic acids is 1. The van der Waals surface area contributed by atoms with Gasteiger partial charge in [0.25, 0.3) is 5.91 Å². The van der Waals surface area contributed by atoms with E-state index >= 15 is 0 Å². The molecule has 1 aromatic heterocycles. The first kappa shape index (κ1) is 20.6. The number of carbonyl (C=O) groups is 1. The van der Waals surface area contributed by atoms with Crippen LogP contribution in [0.1, 0.15) is 12.5 Å². The SMILES string of the molecule is C=CCN=c1scc(-c2ccc3c(c2)NC(=O)CO3)n1N=C(C)c1ccccc1OC. The van der Waals surface area contributed by atoms with Crippen LogP contribution in [0.4, 0.5) is 5.69 Å². The molecule has 1 amide bonds. The van der Waals surface area contributed by atoms with E-state index in [1.54, 1.807) is 13.2 Å². The summed E-state index contributed by atoms with van der Waals surface area (Å²) in [6, 6.07) is 13.4. The van der Waals surface area contributed by atoms with Gasteiger partial charge in [-0.3, -0.25) is 9.79 Å². The van der Waals surface area contributed by atoms with Crippen LogP contribution in [0, 0.1) is 0 Å². The fourth-order valence-corrected chi connectivity index (χ4v) is 4.08. The Hall–Kier alpha value is -3.65. The van der Waals surface area contributed by atoms with E-state index in [2.05, 4.69) is 16.9 Å². The molecule has 0 fully saturated rings. The molecule has 158 valence electrons. The third kappa shape index (κ3) is 4.29. The lowest BCUT2D eigenvalue weighted by Crippen LogP contribution is -2.25. The van der Waals surface area contributed by atoms with E-state index in [9.17, 15) is 4.79 Å². The first-order chi connectivity index (χ1) is 15.1. The summed E-state index contributed by atoms with van der Waals surface area (Å²) in [6.45, 7) is 6.20. The van der Waals surface area contributed by atoms with E-state index < -0.39 is 0 Å². The van der Waals surface area contributed by atoms with Gasteiger partial charge < -0.3 is 14.8 Å². The van der Waals surface area contributed by atoms with Gasteiger partial charge in [-0.25, -0.2) is 4.68 Å². The van der Waals surface area contributed by atoms with Gasteiger partial charge in [-0.2, -0.15) is 5.10 Å². The molecule has 3 aromatic rings. The minimum atomic E-state index is -0.172. The molecule has 0 saturated carbocycles. The maximum absolute atomic E-state index is 11.7. The average Bonchev–Trinajstić information content (AvgIpc) is 3.19. The van der Waals surface area contributed by atoms with E-state index in [1.807, 2.05) is 59.4 Å². The van der Waals surface area contributed by atoms with Crippen molar-refractivity contribution < 1.29 is 14.3 Å². The van der Waals surface area contributed by atoms with Crippen molar-refractivity contribution in [3.63, 3.8) is 0 Å². The smallest absolute Gasteiger partial charge is 0.262 e. The van der Waals surface area contributed by atoms with Crippen LogP contribution >= 0.6 is 11.3 Å². The van der Waals surface area contributed by atoms with Gasteiger partial charge >= 0.3 is 0 Å². The summed E-state index contributed by atoms with van der Waals surface area (Å²) in [5, 5.41) is 9.72. The molecule has 2 aromatic carbocycles. The number of methoxy groups -OCH3 is 1. The molecule has 8 heteroatoms. The molecule has 0 spiro atoms. The van der Waals surface area contributed by atoms with E-state index in [1.165, 1.54) is 11.3 Å². The molecular formula is C23H22N4O3S. The Kier molecular flexibility index (Phi) is 5.99. The number of hydrogen-bond donors (Lipinski definition) is 1. The molecule has 0 radical (unpaired) electrons. The number of amides is 1. The number of aromatic nitrogens is 1. The molecule has 0 aliphatic carbocycles. The van der Waals surface area contributed by atoms with Crippen molar-refractivity contribution in [1.29, 1.82) is 0 Å². The normalized spacial score (nSPS) is 13.9. The number of rotatable bonds is 6. The van der Waals surface area contributed by atoms with Crippen LogP contribution in [0.15, 0.2) is 70.6 Å². The molecule has 1 aliphatic heterocycles. The van der Waals surface area contributed by atoms with Gasteiger partial charge in [0, 0.05) is 16.5 Å². The van der Waals surface area contributed by atoms with Gasteiger partial charge in [0.05, 0.1) is 30.7 Å². The highest BCUT2D eigenvalue weighted by Crippen LogP contribution is 2.33. The molecule has 0 saturated heterocycles. The standard InChI is InChI=1S/C23H22N4O3S/c1-4-11-24-23-27(26-15(2)17-7-5-6-8-20(17)29-3)19(14-31-23)16-9-10-21-18(12-16)25-22(28)13-30-21/h4-10,12,14H,1,11,13H2,2-3H3,(H,25,28). The molecule has 1 N–H and O–H groups in total. The van der Waals surface area contributed by atoms with Gasteiger partial charge in [-0.15, -0.1) is 17.9 Å². The predicted molar refractivity (Wildman–Crippen MR) is 123 cm³/mol. The highest BCUT2D eigenvalue weighted by Gasteiger charge is 2.18. The van der Waals surface area contributed by atoms with Crippen molar-refractivity contribution in [3.8, 4) is 22.8 Å². The third-order valence-corrected chi connectivity index (χ3v) is 5.55. The van der Waals surface area contributed by atoms with E-state index in [0.717, 1.165) is 33.1 Å². The molecule has 31 heavy (non-hydrogen) atoms. The second kappa shape index (κ2) is 9.01. The molecule has 0 atom stereocenters. The van der Waals surface area contributed by atoms with Crippen molar-refractivity contribution in [2.75, 3.05) is 25.6 Å². The van der Waals surface area contributed by atoms with Crippen molar-refractivity contribution in [2.24, 2.45) is 10.1 Å². The van der Waals surface area contributed by atoms with Gasteiger partial charge in [0.2, 0.25) is 4.80 Å². The molecule has 1 aliphatic rings. The lowest BCUT2D eigenvalue weighted by Gasteiger charge is -2.18. The molecular weight excluding hydrogens is 412 g/mol. The highest BCUT2D eigenvalue weighted by molar-refractivity contribution is 7.07. The maximum Gasteiger partial charge on any atom is 0.262 e.